The summed E-state index contributed by atoms with van der Waals surface area (Å²) in [5.74, 6) is 0.129. The van der Waals surface area contributed by atoms with Crippen LogP contribution in [-0.2, 0) is 16.3 Å². The van der Waals surface area contributed by atoms with Crippen molar-refractivity contribution < 1.29 is 8.42 Å². The smallest absolute Gasteiger partial charge is 0.187 e. The van der Waals surface area contributed by atoms with E-state index < -0.39 is 9.84 Å². The highest BCUT2D eigenvalue weighted by atomic mass is 32.2. The summed E-state index contributed by atoms with van der Waals surface area (Å²) in [4.78, 5) is 3.80. The first-order valence-electron chi connectivity index (χ1n) is 7.10. The number of anilines is 1. The van der Waals surface area contributed by atoms with Crippen molar-refractivity contribution >= 4 is 21.2 Å². The lowest BCUT2D eigenvalue weighted by Crippen LogP contribution is -2.29. The zero-order valence-electron chi connectivity index (χ0n) is 12.0. The Labute approximate surface area is 130 Å². The molecule has 1 atom stereocenters. The maximum Gasteiger partial charge on any atom is 0.187 e. The summed E-state index contributed by atoms with van der Waals surface area (Å²) in [6.45, 7) is 7.71. The Balaban J connectivity index is 1.79. The minimum atomic E-state index is -3.28. The molecule has 1 aliphatic heterocycles. The van der Waals surface area contributed by atoms with Crippen LogP contribution in [0, 0.1) is 12.5 Å². The number of benzene rings is 2. The van der Waals surface area contributed by atoms with Gasteiger partial charge in [-0.05, 0) is 36.1 Å². The molecular formula is C17H16N2O2S. The number of hydrogen-bond donors (Lipinski definition) is 1. The molecule has 2 aromatic rings. The number of hydrogen-bond acceptors (Lipinski definition) is 3. The molecule has 4 nitrogen and oxygen atoms in total. The average molecular weight is 312 g/mol. The molecule has 1 N–H and O–H groups in total. The molecule has 3 rings (SSSR count). The van der Waals surface area contributed by atoms with Gasteiger partial charge in [-0.15, -0.1) is 0 Å². The van der Waals surface area contributed by atoms with Gasteiger partial charge in [-0.2, -0.15) is 0 Å². The number of fused-ring (bicyclic) bond motifs is 1. The van der Waals surface area contributed by atoms with Crippen molar-refractivity contribution in [3.63, 3.8) is 0 Å². The third kappa shape index (κ3) is 2.97. The fourth-order valence-electron chi connectivity index (χ4n) is 2.78. The molecule has 2 aromatic carbocycles. The van der Waals surface area contributed by atoms with Crippen molar-refractivity contribution in [1.82, 2.24) is 0 Å². The van der Waals surface area contributed by atoms with Crippen LogP contribution in [0.4, 0.5) is 11.4 Å². The Hall–Kier alpha value is -2.32. The third-order valence-electron chi connectivity index (χ3n) is 3.87. The van der Waals surface area contributed by atoms with Gasteiger partial charge in [0, 0.05) is 12.2 Å². The number of rotatable bonds is 3. The van der Waals surface area contributed by atoms with Gasteiger partial charge in [-0.3, -0.25) is 0 Å². The Bertz CT molecular complexity index is 823. The van der Waals surface area contributed by atoms with Gasteiger partial charge in [0.05, 0.1) is 17.2 Å². The van der Waals surface area contributed by atoms with Crippen molar-refractivity contribution in [3.8, 4) is 0 Å². The molecule has 0 amide bonds. The van der Waals surface area contributed by atoms with Gasteiger partial charge < -0.3 is 5.32 Å². The molecule has 22 heavy (non-hydrogen) atoms. The standard InChI is InChI=1S/C17H16N2O2S/c1-18-15-7-8-17-14(10-15)9-13(11-19-17)12-22(20,21)16-5-3-2-4-6-16/h2-8,10,13,19H,9,11-12H2/t13-/m0/s1. The maximum atomic E-state index is 12.5. The van der Waals surface area contributed by atoms with Gasteiger partial charge in [-0.1, -0.05) is 30.3 Å². The predicted octanol–water partition coefficient (Wildman–Crippen LogP) is 3.30. The summed E-state index contributed by atoms with van der Waals surface area (Å²) in [5, 5.41) is 3.27. The molecule has 0 saturated carbocycles. The highest BCUT2D eigenvalue weighted by Gasteiger charge is 2.25. The van der Waals surface area contributed by atoms with Crippen LogP contribution in [0.2, 0.25) is 0 Å². The molecule has 1 heterocycles. The Morgan fingerprint density at radius 2 is 1.95 bits per heavy atom. The summed E-state index contributed by atoms with van der Waals surface area (Å²) >= 11 is 0. The Kier molecular flexibility index (Phi) is 3.86. The van der Waals surface area contributed by atoms with E-state index in [1.54, 1.807) is 30.3 Å². The molecule has 0 spiro atoms. The monoisotopic (exact) mass is 312 g/mol. The SMILES string of the molecule is [C-]#[N+]c1ccc2c(c1)C[C@H](CS(=O)(=O)c1ccccc1)CN2. The van der Waals surface area contributed by atoms with Gasteiger partial charge in [0.1, 0.15) is 0 Å². The first-order valence-corrected chi connectivity index (χ1v) is 8.76. The van der Waals surface area contributed by atoms with Crippen molar-refractivity contribution in [2.24, 2.45) is 5.92 Å². The molecule has 0 radical (unpaired) electrons. The molecule has 0 unspecified atom stereocenters. The Morgan fingerprint density at radius 3 is 2.68 bits per heavy atom. The lowest BCUT2D eigenvalue weighted by Gasteiger charge is -2.26. The van der Waals surface area contributed by atoms with Crippen LogP contribution in [0.3, 0.4) is 0 Å². The molecule has 1 aliphatic rings. The first-order chi connectivity index (χ1) is 10.6. The van der Waals surface area contributed by atoms with E-state index in [2.05, 4.69) is 10.2 Å². The van der Waals surface area contributed by atoms with Crippen LogP contribution >= 0.6 is 0 Å². The topological polar surface area (TPSA) is 50.5 Å². The summed E-state index contributed by atoms with van der Waals surface area (Å²) in [6.07, 6.45) is 0.678. The third-order valence-corrected chi connectivity index (χ3v) is 5.77. The quantitative estimate of drug-likeness (QED) is 0.885. The highest BCUT2D eigenvalue weighted by molar-refractivity contribution is 7.91. The zero-order chi connectivity index (χ0) is 15.6. The van der Waals surface area contributed by atoms with Crippen LogP contribution in [0.1, 0.15) is 5.56 Å². The van der Waals surface area contributed by atoms with Crippen molar-refractivity contribution in [1.29, 1.82) is 0 Å². The minimum absolute atomic E-state index is 0.0127. The molecule has 0 fully saturated rings. The molecule has 112 valence electrons. The highest BCUT2D eigenvalue weighted by Crippen LogP contribution is 2.30. The van der Waals surface area contributed by atoms with Crippen LogP contribution < -0.4 is 5.32 Å². The van der Waals surface area contributed by atoms with Gasteiger partial charge in [0.2, 0.25) is 0 Å². The maximum absolute atomic E-state index is 12.5. The Morgan fingerprint density at radius 1 is 1.18 bits per heavy atom. The number of nitrogens with one attached hydrogen (secondary N) is 1. The van der Waals surface area contributed by atoms with E-state index >= 15 is 0 Å². The second-order valence-electron chi connectivity index (χ2n) is 5.50. The van der Waals surface area contributed by atoms with Crippen LogP contribution in [-0.4, -0.2) is 20.7 Å². The molecule has 0 aromatic heterocycles. The zero-order valence-corrected chi connectivity index (χ0v) is 12.8. The van der Waals surface area contributed by atoms with E-state index in [0.29, 0.717) is 23.5 Å². The lowest BCUT2D eigenvalue weighted by molar-refractivity contribution is 0.553. The van der Waals surface area contributed by atoms with Crippen LogP contribution in [0.5, 0.6) is 0 Å². The van der Waals surface area contributed by atoms with E-state index in [1.807, 2.05) is 18.2 Å². The molecule has 0 saturated heterocycles. The van der Waals surface area contributed by atoms with E-state index in [4.69, 9.17) is 6.57 Å². The van der Waals surface area contributed by atoms with Gasteiger partial charge in [0.15, 0.2) is 15.5 Å². The van der Waals surface area contributed by atoms with Crippen LogP contribution in [0.25, 0.3) is 4.85 Å². The van der Waals surface area contributed by atoms with Crippen LogP contribution in [0.15, 0.2) is 53.4 Å². The molecule has 0 aliphatic carbocycles. The largest absolute Gasteiger partial charge is 0.385 e. The summed E-state index contributed by atoms with van der Waals surface area (Å²) in [6, 6.07) is 14.1. The lowest BCUT2D eigenvalue weighted by atomic mass is 9.95. The van der Waals surface area contributed by atoms with E-state index in [-0.39, 0.29) is 11.7 Å². The van der Waals surface area contributed by atoms with E-state index in [0.717, 1.165) is 11.3 Å². The number of nitrogens with zero attached hydrogens (tertiary/aromatic N) is 1. The molecule has 5 heteroatoms. The first kappa shape index (κ1) is 14.6. The summed E-state index contributed by atoms with van der Waals surface area (Å²) in [7, 11) is -3.28. The van der Waals surface area contributed by atoms with Crippen molar-refractivity contribution in [2.75, 3.05) is 17.6 Å². The summed E-state index contributed by atoms with van der Waals surface area (Å²) < 4.78 is 24.9. The fraction of sp³-hybridized carbons (Fsp3) is 0.235. The molecule has 0 bridgehead atoms. The fourth-order valence-corrected chi connectivity index (χ4v) is 4.40. The normalized spacial score (nSPS) is 17.1. The summed E-state index contributed by atoms with van der Waals surface area (Å²) in [5.41, 5.74) is 2.61. The van der Waals surface area contributed by atoms with Crippen molar-refractivity contribution in [2.45, 2.75) is 11.3 Å². The second kappa shape index (κ2) is 5.82. The average Bonchev–Trinajstić information content (AvgIpc) is 2.54. The second-order valence-corrected chi connectivity index (χ2v) is 7.53. The van der Waals surface area contributed by atoms with E-state index in [1.165, 1.54) is 0 Å². The van der Waals surface area contributed by atoms with E-state index in [9.17, 15) is 8.42 Å². The van der Waals surface area contributed by atoms with Crippen molar-refractivity contribution in [3.05, 3.63) is 65.5 Å². The molecular weight excluding hydrogens is 296 g/mol. The predicted molar refractivity (Wildman–Crippen MR) is 86.9 cm³/mol. The van der Waals surface area contributed by atoms with Gasteiger partial charge in [-0.25, -0.2) is 13.3 Å². The van der Waals surface area contributed by atoms with Gasteiger partial charge in [0.25, 0.3) is 0 Å². The number of sulfone groups is 1. The van der Waals surface area contributed by atoms with Gasteiger partial charge >= 0.3 is 0 Å². The minimum Gasteiger partial charge on any atom is -0.385 e.